The van der Waals surface area contributed by atoms with E-state index in [9.17, 15) is 10.2 Å². The molecule has 0 atom stereocenters. The Kier molecular flexibility index (Phi) is 3.98. The molecule has 0 radical (unpaired) electrons. The summed E-state index contributed by atoms with van der Waals surface area (Å²) in [5.41, 5.74) is 2.99. The molecule has 3 rings (SSSR count). The van der Waals surface area contributed by atoms with E-state index in [2.05, 4.69) is 14.9 Å². The van der Waals surface area contributed by atoms with Gasteiger partial charge in [-0.1, -0.05) is 23.9 Å². The fourth-order valence-corrected chi connectivity index (χ4v) is 2.90. The molecule has 0 spiro atoms. The van der Waals surface area contributed by atoms with E-state index in [1.54, 1.807) is 17.8 Å². The minimum atomic E-state index is -0.0714. The molecule has 6 heteroatoms. The Morgan fingerprint density at radius 3 is 3.00 bits per heavy atom. The van der Waals surface area contributed by atoms with Crippen molar-refractivity contribution in [3.63, 3.8) is 0 Å². The van der Waals surface area contributed by atoms with Crippen LogP contribution in [-0.4, -0.2) is 37.9 Å². The molecule has 2 aromatic rings. The Morgan fingerprint density at radius 2 is 2.19 bits per heavy atom. The zero-order chi connectivity index (χ0) is 14.8. The Balaban J connectivity index is 1.76. The lowest BCUT2D eigenvalue weighted by molar-refractivity contribution is 0.238. The minimum absolute atomic E-state index is 0.0303. The van der Waals surface area contributed by atoms with Crippen molar-refractivity contribution in [2.24, 2.45) is 0 Å². The van der Waals surface area contributed by atoms with Crippen LogP contribution in [0, 0.1) is 0 Å². The molecule has 1 aromatic heterocycles. The number of phenols is 2. The molecule has 0 amide bonds. The maximum absolute atomic E-state index is 9.89. The van der Waals surface area contributed by atoms with Crippen molar-refractivity contribution < 1.29 is 10.2 Å². The predicted molar refractivity (Wildman–Crippen MR) is 81.4 cm³/mol. The van der Waals surface area contributed by atoms with E-state index in [1.807, 2.05) is 18.5 Å². The van der Waals surface area contributed by atoms with E-state index in [-0.39, 0.29) is 11.5 Å². The summed E-state index contributed by atoms with van der Waals surface area (Å²) in [6.07, 6.45) is 4.75. The Labute approximate surface area is 127 Å². The fourth-order valence-electron chi connectivity index (χ4n) is 2.54. The van der Waals surface area contributed by atoms with Gasteiger partial charge in [0, 0.05) is 43.4 Å². The number of hydrogen-bond donors (Lipinski definition) is 2. The van der Waals surface area contributed by atoms with Crippen LogP contribution in [0.5, 0.6) is 11.5 Å². The van der Waals surface area contributed by atoms with E-state index >= 15 is 0 Å². The van der Waals surface area contributed by atoms with Gasteiger partial charge in [-0.15, -0.1) is 0 Å². The molecule has 0 saturated heterocycles. The summed E-state index contributed by atoms with van der Waals surface area (Å²) in [4.78, 5) is 11.1. The van der Waals surface area contributed by atoms with Crippen LogP contribution in [0.2, 0.25) is 0 Å². The first-order valence-corrected chi connectivity index (χ1v) is 8.01. The quantitative estimate of drug-likeness (QED) is 0.514. The van der Waals surface area contributed by atoms with E-state index in [0.29, 0.717) is 6.54 Å². The number of para-hydroxylation sites is 1. The average molecular weight is 303 g/mol. The van der Waals surface area contributed by atoms with Gasteiger partial charge in [-0.25, -0.2) is 9.97 Å². The third-order valence-electron chi connectivity index (χ3n) is 3.67. The smallest absolute Gasteiger partial charge is 0.187 e. The van der Waals surface area contributed by atoms with Gasteiger partial charge in [0.05, 0.1) is 5.69 Å². The molecule has 1 aliphatic heterocycles. The predicted octanol–water partition coefficient (Wildman–Crippen LogP) is 2.17. The molecule has 0 unspecified atom stereocenters. The van der Waals surface area contributed by atoms with Crippen molar-refractivity contribution >= 4 is 11.8 Å². The van der Waals surface area contributed by atoms with Gasteiger partial charge in [0.25, 0.3) is 0 Å². The average Bonchev–Trinajstić information content (AvgIpc) is 2.51. The highest BCUT2D eigenvalue weighted by atomic mass is 32.2. The van der Waals surface area contributed by atoms with Crippen molar-refractivity contribution in [3.8, 4) is 11.5 Å². The first-order chi connectivity index (χ1) is 10.2. The summed E-state index contributed by atoms with van der Waals surface area (Å²) in [7, 11) is 0. The summed E-state index contributed by atoms with van der Waals surface area (Å²) in [6.45, 7) is 2.25. The van der Waals surface area contributed by atoms with Crippen molar-refractivity contribution in [2.75, 3.05) is 12.8 Å². The zero-order valence-corrected chi connectivity index (χ0v) is 12.6. The minimum Gasteiger partial charge on any atom is -0.504 e. The number of hydrogen-bond acceptors (Lipinski definition) is 6. The van der Waals surface area contributed by atoms with E-state index in [4.69, 9.17) is 0 Å². The third kappa shape index (κ3) is 2.96. The van der Waals surface area contributed by atoms with Gasteiger partial charge >= 0.3 is 0 Å². The number of phenolic OH excluding ortho intramolecular Hbond substituents is 2. The summed E-state index contributed by atoms with van der Waals surface area (Å²) in [5, 5.41) is 20.3. The van der Waals surface area contributed by atoms with Crippen LogP contribution in [0.4, 0.5) is 0 Å². The molecule has 1 aliphatic rings. The maximum Gasteiger partial charge on any atom is 0.187 e. The molecule has 2 heterocycles. The Hall–Kier alpha value is -1.79. The van der Waals surface area contributed by atoms with Gasteiger partial charge < -0.3 is 10.2 Å². The normalized spacial score (nSPS) is 14.9. The lowest BCUT2D eigenvalue weighted by Gasteiger charge is -2.28. The third-order valence-corrected chi connectivity index (χ3v) is 4.23. The molecule has 2 N–H and O–H groups in total. The van der Waals surface area contributed by atoms with Crippen LogP contribution in [0.3, 0.4) is 0 Å². The largest absolute Gasteiger partial charge is 0.504 e. The molecule has 0 bridgehead atoms. The number of aromatic hydroxyl groups is 2. The molecular formula is C15H17N3O2S. The number of benzene rings is 1. The SMILES string of the molecule is CSc1ncc2c(n1)CCN(Cc1cccc(O)c1O)C2. The highest BCUT2D eigenvalue weighted by Crippen LogP contribution is 2.30. The van der Waals surface area contributed by atoms with Crippen molar-refractivity contribution in [1.29, 1.82) is 0 Å². The molecule has 0 aliphatic carbocycles. The highest BCUT2D eigenvalue weighted by Gasteiger charge is 2.19. The summed E-state index contributed by atoms with van der Waals surface area (Å²) in [5.74, 6) is -0.102. The zero-order valence-electron chi connectivity index (χ0n) is 11.8. The number of rotatable bonds is 3. The molecule has 0 fully saturated rings. The van der Waals surface area contributed by atoms with Crippen LogP contribution in [0.1, 0.15) is 16.8 Å². The van der Waals surface area contributed by atoms with Crippen molar-refractivity contribution in [2.45, 2.75) is 24.7 Å². The second-order valence-electron chi connectivity index (χ2n) is 5.07. The fraction of sp³-hybridized carbons (Fsp3) is 0.333. The van der Waals surface area contributed by atoms with Crippen LogP contribution in [0.25, 0.3) is 0 Å². The topological polar surface area (TPSA) is 69.5 Å². The van der Waals surface area contributed by atoms with Crippen LogP contribution < -0.4 is 0 Å². The van der Waals surface area contributed by atoms with Crippen molar-refractivity contribution in [3.05, 3.63) is 41.2 Å². The number of fused-ring (bicyclic) bond motifs is 1. The van der Waals surface area contributed by atoms with Gasteiger partial charge in [0.1, 0.15) is 0 Å². The summed E-state index contributed by atoms with van der Waals surface area (Å²) < 4.78 is 0. The lowest BCUT2D eigenvalue weighted by atomic mass is 10.1. The lowest BCUT2D eigenvalue weighted by Crippen LogP contribution is -2.31. The first-order valence-electron chi connectivity index (χ1n) is 6.78. The molecule has 0 saturated carbocycles. The molecular weight excluding hydrogens is 286 g/mol. The van der Waals surface area contributed by atoms with Gasteiger partial charge in [-0.3, -0.25) is 4.90 Å². The van der Waals surface area contributed by atoms with E-state index in [0.717, 1.165) is 41.5 Å². The number of thioether (sulfide) groups is 1. The Morgan fingerprint density at radius 1 is 1.33 bits per heavy atom. The number of nitrogens with zero attached hydrogens (tertiary/aromatic N) is 3. The van der Waals surface area contributed by atoms with Gasteiger partial charge in [-0.2, -0.15) is 0 Å². The van der Waals surface area contributed by atoms with Gasteiger partial charge in [0.15, 0.2) is 16.7 Å². The molecule has 110 valence electrons. The van der Waals surface area contributed by atoms with Gasteiger partial charge in [0.2, 0.25) is 0 Å². The maximum atomic E-state index is 9.89. The van der Waals surface area contributed by atoms with Crippen molar-refractivity contribution in [1.82, 2.24) is 14.9 Å². The second-order valence-corrected chi connectivity index (χ2v) is 5.85. The molecule has 21 heavy (non-hydrogen) atoms. The monoisotopic (exact) mass is 303 g/mol. The second kappa shape index (κ2) is 5.91. The first kappa shape index (κ1) is 14.2. The van der Waals surface area contributed by atoms with Gasteiger partial charge in [-0.05, 0) is 12.3 Å². The number of aromatic nitrogens is 2. The van der Waals surface area contributed by atoms with Crippen LogP contribution in [-0.2, 0) is 19.5 Å². The van der Waals surface area contributed by atoms with Crippen LogP contribution >= 0.6 is 11.8 Å². The Bertz CT molecular complexity index is 663. The highest BCUT2D eigenvalue weighted by molar-refractivity contribution is 7.98. The summed E-state index contributed by atoms with van der Waals surface area (Å²) in [6, 6.07) is 5.07. The van der Waals surface area contributed by atoms with Crippen LogP contribution in [0.15, 0.2) is 29.6 Å². The molecule has 1 aromatic carbocycles. The summed E-state index contributed by atoms with van der Waals surface area (Å²) >= 11 is 1.55. The van der Waals surface area contributed by atoms with E-state index < -0.39 is 0 Å². The van der Waals surface area contributed by atoms with E-state index in [1.165, 1.54) is 6.07 Å². The molecule has 5 nitrogen and oxygen atoms in total. The standard InChI is InChI=1S/C15H17N3O2S/c1-21-15-16-7-11-9-18(6-5-12(11)17-15)8-10-3-2-4-13(19)14(10)20/h2-4,7,19-20H,5-6,8-9H2,1H3.